The van der Waals surface area contributed by atoms with E-state index in [2.05, 4.69) is 52.8 Å². The molecular formula is C32H36N2O3. The van der Waals surface area contributed by atoms with Crippen molar-refractivity contribution in [2.75, 3.05) is 13.2 Å². The molecule has 0 aliphatic carbocycles. The van der Waals surface area contributed by atoms with E-state index in [1.54, 1.807) is 6.20 Å². The van der Waals surface area contributed by atoms with E-state index < -0.39 is 6.10 Å². The van der Waals surface area contributed by atoms with E-state index in [9.17, 15) is 9.90 Å². The van der Waals surface area contributed by atoms with E-state index in [1.807, 2.05) is 42.6 Å². The second kappa shape index (κ2) is 14.1. The molecule has 37 heavy (non-hydrogen) atoms. The molecule has 1 amide bonds. The van der Waals surface area contributed by atoms with Gasteiger partial charge in [0.2, 0.25) is 5.91 Å². The zero-order chi connectivity index (χ0) is 25.7. The molecule has 1 atom stereocenters. The van der Waals surface area contributed by atoms with E-state index in [1.165, 1.54) is 5.56 Å². The van der Waals surface area contributed by atoms with Crippen molar-refractivity contribution < 1.29 is 14.6 Å². The van der Waals surface area contributed by atoms with Crippen molar-refractivity contribution >= 4 is 16.7 Å². The maximum absolute atomic E-state index is 12.3. The monoisotopic (exact) mass is 496 g/mol. The smallest absolute Gasteiger partial charge is 0.220 e. The van der Waals surface area contributed by atoms with Gasteiger partial charge in [-0.15, -0.1) is 0 Å². The Labute approximate surface area is 219 Å². The predicted molar refractivity (Wildman–Crippen MR) is 149 cm³/mol. The minimum Gasteiger partial charge on any atom is -0.491 e. The molecule has 0 saturated carbocycles. The van der Waals surface area contributed by atoms with Gasteiger partial charge in [0.05, 0.1) is 6.10 Å². The number of aromatic nitrogens is 1. The lowest BCUT2D eigenvalue weighted by atomic mass is 10.0. The number of hydrogen-bond donors (Lipinski definition) is 2. The number of ether oxygens (including phenoxy) is 1. The third kappa shape index (κ3) is 9.03. The molecule has 3 aromatic carbocycles. The lowest BCUT2D eigenvalue weighted by Crippen LogP contribution is -2.24. The fourth-order valence-corrected chi connectivity index (χ4v) is 4.35. The first kappa shape index (κ1) is 26.4. The van der Waals surface area contributed by atoms with Crippen LogP contribution >= 0.6 is 0 Å². The molecule has 0 bridgehead atoms. The summed E-state index contributed by atoms with van der Waals surface area (Å²) in [5.41, 5.74) is 3.60. The minimum atomic E-state index is -0.534. The number of unbranched alkanes of at least 4 members (excludes halogenated alkanes) is 1. The van der Waals surface area contributed by atoms with E-state index in [4.69, 9.17) is 4.74 Å². The van der Waals surface area contributed by atoms with Gasteiger partial charge in [0.25, 0.3) is 0 Å². The number of aryl methyl sites for hydroxylation is 3. The van der Waals surface area contributed by atoms with Gasteiger partial charge in [-0.1, -0.05) is 60.7 Å². The SMILES string of the molecule is O=C(CCc1ccc2cc(OCC(O)CCc3cccnc3)ccc2c1)NCCCCc1ccccc1. The molecule has 0 saturated heterocycles. The number of benzene rings is 3. The van der Waals surface area contributed by atoms with E-state index in [0.29, 0.717) is 19.3 Å². The first-order valence-electron chi connectivity index (χ1n) is 13.2. The lowest BCUT2D eigenvalue weighted by molar-refractivity contribution is -0.121. The van der Waals surface area contributed by atoms with Crippen molar-refractivity contribution in [1.29, 1.82) is 0 Å². The van der Waals surface area contributed by atoms with Crippen LogP contribution in [0.1, 0.15) is 42.4 Å². The number of nitrogens with zero attached hydrogens (tertiary/aromatic N) is 1. The van der Waals surface area contributed by atoms with Crippen LogP contribution in [0.4, 0.5) is 0 Å². The second-order valence-corrected chi connectivity index (χ2v) is 9.50. The van der Waals surface area contributed by atoms with Crippen LogP contribution in [-0.2, 0) is 24.1 Å². The van der Waals surface area contributed by atoms with Crippen molar-refractivity contribution in [2.45, 2.75) is 51.0 Å². The first-order valence-corrected chi connectivity index (χ1v) is 13.2. The molecule has 0 radical (unpaired) electrons. The molecule has 5 heteroatoms. The summed E-state index contributed by atoms with van der Waals surface area (Å²) in [6, 6.07) is 26.6. The average molecular weight is 497 g/mol. The highest BCUT2D eigenvalue weighted by Crippen LogP contribution is 2.23. The molecule has 4 aromatic rings. The Kier molecular flexibility index (Phi) is 10.1. The summed E-state index contributed by atoms with van der Waals surface area (Å²) in [4.78, 5) is 16.4. The standard InChI is InChI=1S/C32H36N2O3/c35-30(16-12-27-10-6-19-33-23-27)24-37-31-17-15-28-21-26(11-14-29(28)22-31)13-18-32(36)34-20-5-4-9-25-7-2-1-3-8-25/h1-3,6-8,10-11,14-15,17,19,21-23,30,35H,4-5,9,12-13,16,18,20,24H2,(H,34,36). The van der Waals surface area contributed by atoms with Crippen molar-refractivity contribution in [1.82, 2.24) is 10.3 Å². The number of nitrogens with one attached hydrogen (secondary N) is 1. The van der Waals surface area contributed by atoms with Crippen molar-refractivity contribution in [3.63, 3.8) is 0 Å². The Morgan fingerprint density at radius 2 is 1.65 bits per heavy atom. The Morgan fingerprint density at radius 1 is 0.838 bits per heavy atom. The summed E-state index contributed by atoms with van der Waals surface area (Å²) < 4.78 is 5.83. The zero-order valence-corrected chi connectivity index (χ0v) is 21.3. The van der Waals surface area contributed by atoms with Crippen LogP contribution < -0.4 is 10.1 Å². The zero-order valence-electron chi connectivity index (χ0n) is 21.3. The average Bonchev–Trinajstić information content (AvgIpc) is 2.94. The van der Waals surface area contributed by atoms with Crippen LogP contribution in [0.2, 0.25) is 0 Å². The van der Waals surface area contributed by atoms with Gasteiger partial charge in [0.15, 0.2) is 0 Å². The van der Waals surface area contributed by atoms with Crippen LogP contribution in [0, 0.1) is 0 Å². The molecule has 1 heterocycles. The second-order valence-electron chi connectivity index (χ2n) is 9.50. The Hall–Kier alpha value is -3.70. The van der Waals surface area contributed by atoms with Crippen LogP contribution in [0.3, 0.4) is 0 Å². The molecular weight excluding hydrogens is 460 g/mol. The Bertz CT molecular complexity index is 1240. The fourth-order valence-electron chi connectivity index (χ4n) is 4.35. The van der Waals surface area contributed by atoms with Crippen molar-refractivity contribution in [3.05, 3.63) is 108 Å². The topological polar surface area (TPSA) is 71.5 Å². The van der Waals surface area contributed by atoms with Crippen LogP contribution in [-0.4, -0.2) is 35.3 Å². The number of carbonyl (C=O) groups excluding carboxylic acids is 1. The van der Waals surface area contributed by atoms with Crippen molar-refractivity contribution in [3.8, 4) is 5.75 Å². The Morgan fingerprint density at radius 3 is 2.49 bits per heavy atom. The molecule has 5 nitrogen and oxygen atoms in total. The lowest BCUT2D eigenvalue weighted by Gasteiger charge is -2.13. The molecule has 0 aliphatic heterocycles. The summed E-state index contributed by atoms with van der Waals surface area (Å²) in [7, 11) is 0. The molecule has 1 unspecified atom stereocenters. The van der Waals surface area contributed by atoms with Gasteiger partial charge >= 0.3 is 0 Å². The van der Waals surface area contributed by atoms with Crippen LogP contribution in [0.25, 0.3) is 10.8 Å². The number of amides is 1. The quantitative estimate of drug-likeness (QED) is 0.220. The number of aliphatic hydroxyl groups is 1. The third-order valence-electron chi connectivity index (χ3n) is 6.51. The number of fused-ring (bicyclic) bond motifs is 1. The summed E-state index contributed by atoms with van der Waals surface area (Å²) in [6.07, 6.45) is 8.75. The highest BCUT2D eigenvalue weighted by atomic mass is 16.5. The number of rotatable bonds is 14. The molecule has 0 fully saturated rings. The molecule has 1 aromatic heterocycles. The molecule has 192 valence electrons. The van der Waals surface area contributed by atoms with E-state index in [0.717, 1.165) is 59.9 Å². The van der Waals surface area contributed by atoms with Gasteiger partial charge in [0, 0.05) is 25.4 Å². The van der Waals surface area contributed by atoms with Crippen LogP contribution in [0.5, 0.6) is 5.75 Å². The minimum absolute atomic E-state index is 0.102. The normalized spacial score (nSPS) is 11.8. The van der Waals surface area contributed by atoms with Crippen molar-refractivity contribution in [2.24, 2.45) is 0 Å². The molecule has 2 N–H and O–H groups in total. The van der Waals surface area contributed by atoms with E-state index in [-0.39, 0.29) is 12.5 Å². The summed E-state index contributed by atoms with van der Waals surface area (Å²) >= 11 is 0. The fraction of sp³-hybridized carbons (Fsp3) is 0.312. The third-order valence-corrected chi connectivity index (χ3v) is 6.51. The predicted octanol–water partition coefficient (Wildman–Crippen LogP) is 5.68. The molecule has 0 aliphatic rings. The van der Waals surface area contributed by atoms with Gasteiger partial charge < -0.3 is 15.2 Å². The summed E-state index contributed by atoms with van der Waals surface area (Å²) in [5, 5.41) is 15.5. The highest BCUT2D eigenvalue weighted by molar-refractivity contribution is 5.84. The van der Waals surface area contributed by atoms with Gasteiger partial charge in [-0.25, -0.2) is 0 Å². The maximum Gasteiger partial charge on any atom is 0.220 e. The Balaban J connectivity index is 1.15. The van der Waals surface area contributed by atoms with Crippen LogP contribution in [0.15, 0.2) is 91.3 Å². The van der Waals surface area contributed by atoms with E-state index >= 15 is 0 Å². The number of carbonyl (C=O) groups is 1. The number of aliphatic hydroxyl groups excluding tert-OH is 1. The largest absolute Gasteiger partial charge is 0.491 e. The maximum atomic E-state index is 12.3. The molecule has 4 rings (SSSR count). The number of hydrogen-bond acceptors (Lipinski definition) is 4. The van der Waals surface area contributed by atoms with Gasteiger partial charge in [0.1, 0.15) is 12.4 Å². The number of pyridine rings is 1. The molecule has 0 spiro atoms. The summed E-state index contributed by atoms with van der Waals surface area (Å²) in [5.74, 6) is 0.845. The van der Waals surface area contributed by atoms with Gasteiger partial charge in [-0.05, 0) is 84.2 Å². The summed E-state index contributed by atoms with van der Waals surface area (Å²) in [6.45, 7) is 0.982. The van der Waals surface area contributed by atoms with Gasteiger partial charge in [-0.3, -0.25) is 9.78 Å². The highest BCUT2D eigenvalue weighted by Gasteiger charge is 2.08. The van der Waals surface area contributed by atoms with Gasteiger partial charge in [-0.2, -0.15) is 0 Å². The first-order chi connectivity index (χ1) is 18.2.